The molecule has 0 saturated carbocycles. The van der Waals surface area contributed by atoms with Crippen LogP contribution in [0, 0.1) is 0 Å². The fourth-order valence-electron chi connectivity index (χ4n) is 6.43. The second-order valence-electron chi connectivity index (χ2n) is 14.1. The van der Waals surface area contributed by atoms with Crippen molar-refractivity contribution in [3.63, 3.8) is 0 Å². The summed E-state index contributed by atoms with van der Waals surface area (Å²) in [5.41, 5.74) is 1.27. The molecule has 0 spiro atoms. The highest BCUT2D eigenvalue weighted by Gasteiger charge is 2.51. The van der Waals surface area contributed by atoms with Crippen LogP contribution >= 0.6 is 11.8 Å². The number of carboxylic acids is 1. The molecular formula is C39H49N7O10S2. The molecule has 0 aliphatic carbocycles. The summed E-state index contributed by atoms with van der Waals surface area (Å²) in [4.78, 5) is 72.7. The first kappa shape index (κ1) is 44.2. The number of aromatic nitrogens is 4. The van der Waals surface area contributed by atoms with Gasteiger partial charge in [-0.05, 0) is 68.7 Å². The van der Waals surface area contributed by atoms with Crippen LogP contribution in [0.2, 0.25) is 0 Å². The van der Waals surface area contributed by atoms with Crippen molar-refractivity contribution in [1.29, 1.82) is 0 Å². The van der Waals surface area contributed by atoms with E-state index in [9.17, 15) is 37.5 Å². The number of Topliss-reactive ketones (excluding diaryl/α,β-unsaturated/α-hetero) is 1. The zero-order chi connectivity index (χ0) is 41.9. The number of benzene rings is 1. The average molecular weight is 840 g/mol. The number of amides is 2. The number of imidazole rings is 1. The summed E-state index contributed by atoms with van der Waals surface area (Å²) in [5, 5.41) is 15.5. The Bertz CT molecular complexity index is 2230. The molecule has 4 heterocycles. The van der Waals surface area contributed by atoms with Gasteiger partial charge in [0.1, 0.15) is 17.0 Å². The van der Waals surface area contributed by atoms with Crippen molar-refractivity contribution in [3.8, 4) is 5.69 Å². The third kappa shape index (κ3) is 11.0. The number of ether oxygens (including phenoxy) is 2. The number of carbonyl (C=O) groups is 4. The van der Waals surface area contributed by atoms with Crippen LogP contribution in [0.1, 0.15) is 52.0 Å². The van der Waals surface area contributed by atoms with Gasteiger partial charge >= 0.3 is 11.7 Å². The molecule has 1 aromatic carbocycles. The Labute approximate surface area is 340 Å². The van der Waals surface area contributed by atoms with E-state index in [4.69, 9.17) is 9.47 Å². The monoisotopic (exact) mass is 839 g/mol. The largest absolute Gasteiger partial charge is 0.480 e. The summed E-state index contributed by atoms with van der Waals surface area (Å²) < 4.78 is 40.9. The Kier molecular flexibility index (Phi) is 15.3. The number of pyridine rings is 2. The van der Waals surface area contributed by atoms with Crippen molar-refractivity contribution in [1.82, 2.24) is 34.0 Å². The number of thioether (sulfide) groups is 1. The fraction of sp³-hybridized carbons (Fsp3) is 0.462. The van der Waals surface area contributed by atoms with Gasteiger partial charge in [0.25, 0.3) is 0 Å². The normalized spacial score (nSPS) is 15.9. The van der Waals surface area contributed by atoms with Gasteiger partial charge in [0.2, 0.25) is 21.8 Å². The number of nitrogens with zero attached hydrogens (tertiary/aromatic N) is 5. The van der Waals surface area contributed by atoms with E-state index in [1.807, 2.05) is 6.92 Å². The molecule has 19 heteroatoms. The van der Waals surface area contributed by atoms with Crippen LogP contribution in [0.25, 0.3) is 16.9 Å². The van der Waals surface area contributed by atoms with Crippen molar-refractivity contribution in [2.75, 3.05) is 38.8 Å². The van der Waals surface area contributed by atoms with E-state index in [-0.39, 0.29) is 48.3 Å². The van der Waals surface area contributed by atoms with E-state index >= 15 is 0 Å². The van der Waals surface area contributed by atoms with E-state index in [1.165, 1.54) is 51.6 Å². The minimum atomic E-state index is -4.12. The van der Waals surface area contributed by atoms with Crippen molar-refractivity contribution >= 4 is 56.5 Å². The van der Waals surface area contributed by atoms with Crippen LogP contribution in [-0.2, 0) is 51.6 Å². The molecule has 1 saturated heterocycles. The second-order valence-corrected chi connectivity index (χ2v) is 17.6. The Hall–Kier alpha value is -4.95. The summed E-state index contributed by atoms with van der Waals surface area (Å²) in [5.74, 6) is -2.28. The fourth-order valence-corrected chi connectivity index (χ4v) is 9.56. The van der Waals surface area contributed by atoms with Gasteiger partial charge in [-0.1, -0.05) is 19.1 Å². The lowest BCUT2D eigenvalue weighted by atomic mass is 10.0. The van der Waals surface area contributed by atoms with Crippen molar-refractivity contribution < 1.29 is 42.2 Å². The summed E-state index contributed by atoms with van der Waals surface area (Å²) in [6.07, 6.45) is 5.83. The van der Waals surface area contributed by atoms with Crippen LogP contribution in [0.5, 0.6) is 0 Å². The summed E-state index contributed by atoms with van der Waals surface area (Å²) in [7, 11) is -4.12. The molecule has 17 nitrogen and oxygen atoms in total. The molecule has 312 valence electrons. The number of carboxylic acid groups (broad SMARTS) is 1. The topological polar surface area (TPSA) is 221 Å². The van der Waals surface area contributed by atoms with Crippen LogP contribution in [0.15, 0.2) is 76.8 Å². The molecule has 1 fully saturated rings. The van der Waals surface area contributed by atoms with Gasteiger partial charge in [-0.3, -0.25) is 23.9 Å². The number of hydrogen-bond acceptors (Lipinski definition) is 12. The number of sulfonamides is 1. The quantitative estimate of drug-likeness (QED) is 0.0971. The molecule has 0 radical (unpaired) electrons. The van der Waals surface area contributed by atoms with E-state index < -0.39 is 44.4 Å². The predicted octanol–water partition coefficient (Wildman–Crippen LogP) is 2.54. The standard InChI is InChI=1S/C39H49N7O10S2/c1-4-16-41-33(48)15-20-56-22-21-55-19-7-8-29(47)25-44-32-10-6-18-42-35(32)46(38(44)52)28-13-11-27(12-14-28)23-31(37(50)51)43-36(49)34-39(2,3)57-26-45(34)58(53,54)30-9-5-17-40-24-30/h5-6,9-14,17-18,24,31,34H,4,7-8,15-16,19-23,25-26H2,1-3H3,(H,41,48)(H,43,49)(H,50,51)/t31-,34+/m0/s1. The molecule has 3 N–H and O–H groups in total. The van der Waals surface area contributed by atoms with Gasteiger partial charge in [0, 0.05) is 55.8 Å². The molecule has 4 aromatic rings. The molecule has 2 atom stereocenters. The van der Waals surface area contributed by atoms with Crippen LogP contribution < -0.4 is 16.3 Å². The second kappa shape index (κ2) is 20.1. The number of nitrogens with one attached hydrogen (secondary N) is 2. The molecule has 58 heavy (non-hydrogen) atoms. The zero-order valence-corrected chi connectivity index (χ0v) is 34.3. The highest BCUT2D eigenvalue weighted by Crippen LogP contribution is 2.42. The smallest absolute Gasteiger partial charge is 0.335 e. The summed E-state index contributed by atoms with van der Waals surface area (Å²) in [6, 6.07) is 10.2. The van der Waals surface area contributed by atoms with E-state index in [0.717, 1.165) is 10.7 Å². The van der Waals surface area contributed by atoms with E-state index in [1.54, 1.807) is 50.2 Å². The van der Waals surface area contributed by atoms with Crippen LogP contribution in [-0.4, -0.2) is 116 Å². The Morgan fingerprint density at radius 2 is 1.72 bits per heavy atom. The first-order chi connectivity index (χ1) is 27.7. The van der Waals surface area contributed by atoms with Gasteiger partial charge in [0.15, 0.2) is 11.4 Å². The first-order valence-corrected chi connectivity index (χ1v) is 21.4. The Morgan fingerprint density at radius 3 is 2.41 bits per heavy atom. The highest BCUT2D eigenvalue weighted by atomic mass is 32.2. The summed E-state index contributed by atoms with van der Waals surface area (Å²) in [6.45, 7) is 7.18. The lowest BCUT2D eigenvalue weighted by Crippen LogP contribution is -2.56. The van der Waals surface area contributed by atoms with Crippen molar-refractivity contribution in [2.24, 2.45) is 0 Å². The van der Waals surface area contributed by atoms with Crippen LogP contribution in [0.3, 0.4) is 0 Å². The maximum absolute atomic E-state index is 13.8. The number of carbonyl (C=O) groups excluding carboxylic acids is 3. The third-order valence-electron chi connectivity index (χ3n) is 9.44. The molecule has 0 bridgehead atoms. The number of fused-ring (bicyclic) bond motifs is 1. The maximum Gasteiger partial charge on any atom is 0.335 e. The van der Waals surface area contributed by atoms with Gasteiger partial charge in [-0.25, -0.2) is 27.6 Å². The molecule has 2 amide bonds. The van der Waals surface area contributed by atoms with Crippen molar-refractivity contribution in [3.05, 3.63) is 83.2 Å². The van der Waals surface area contributed by atoms with Gasteiger partial charge in [-0.2, -0.15) is 4.31 Å². The van der Waals surface area contributed by atoms with Gasteiger partial charge in [0.05, 0.1) is 43.4 Å². The minimum absolute atomic E-state index is 0.00430. The highest BCUT2D eigenvalue weighted by molar-refractivity contribution is 8.02. The first-order valence-electron chi connectivity index (χ1n) is 18.9. The lowest BCUT2D eigenvalue weighted by Gasteiger charge is -2.30. The van der Waals surface area contributed by atoms with Crippen LogP contribution in [0.4, 0.5) is 0 Å². The SMILES string of the molecule is CCCNC(=O)CCOCCOCCCC(=O)Cn1c(=O)n(-c2ccc(C[C@H](NC(=O)[C@H]3N(S(=O)(=O)c4cccnc4)CSC3(C)C)C(=O)O)cc2)c2ncccc21. The minimum Gasteiger partial charge on any atom is -0.480 e. The molecule has 1 aliphatic rings. The Morgan fingerprint density at radius 1 is 1.00 bits per heavy atom. The molecule has 0 unspecified atom stereocenters. The molecule has 1 aliphatic heterocycles. The Balaban J connectivity index is 1.19. The molecular weight excluding hydrogens is 791 g/mol. The number of hydrogen-bond donors (Lipinski definition) is 3. The number of aliphatic carboxylic acids is 1. The number of ketones is 1. The molecule has 3 aromatic heterocycles. The van der Waals surface area contributed by atoms with Gasteiger partial charge in [-0.15, -0.1) is 11.8 Å². The van der Waals surface area contributed by atoms with Crippen molar-refractivity contribution in [2.45, 2.75) is 81.1 Å². The third-order valence-corrected chi connectivity index (χ3v) is 12.8. The molecule has 5 rings (SSSR count). The van der Waals surface area contributed by atoms with E-state index in [0.29, 0.717) is 61.8 Å². The number of rotatable bonds is 22. The maximum atomic E-state index is 13.8. The summed E-state index contributed by atoms with van der Waals surface area (Å²) >= 11 is 1.27. The average Bonchev–Trinajstić information content (AvgIpc) is 3.68. The van der Waals surface area contributed by atoms with E-state index in [2.05, 4.69) is 20.6 Å². The lowest BCUT2D eigenvalue weighted by molar-refractivity contribution is -0.142. The zero-order valence-electron chi connectivity index (χ0n) is 32.7. The van der Waals surface area contributed by atoms with Gasteiger partial charge < -0.3 is 25.2 Å². The predicted molar refractivity (Wildman–Crippen MR) is 216 cm³/mol.